The zero-order valence-corrected chi connectivity index (χ0v) is 9.70. The molecule has 1 amide bonds. The highest BCUT2D eigenvalue weighted by atomic mass is 16.2. The summed E-state index contributed by atoms with van der Waals surface area (Å²) in [5.41, 5.74) is 0.964. The lowest BCUT2D eigenvalue weighted by molar-refractivity contribution is -0.116. The molecule has 1 aromatic carbocycles. The predicted molar refractivity (Wildman–Crippen MR) is 62.9 cm³/mol. The maximum Gasteiger partial charge on any atom is 0.246 e. The van der Waals surface area contributed by atoms with Gasteiger partial charge in [0.05, 0.1) is 5.69 Å². The van der Waals surface area contributed by atoms with Crippen molar-refractivity contribution in [3.8, 4) is 0 Å². The van der Waals surface area contributed by atoms with E-state index in [1.807, 2.05) is 0 Å². The molecule has 2 rings (SSSR count). The van der Waals surface area contributed by atoms with Crippen molar-refractivity contribution < 1.29 is 9.59 Å². The third-order valence-corrected chi connectivity index (χ3v) is 2.28. The van der Waals surface area contributed by atoms with E-state index in [0.29, 0.717) is 11.3 Å². The first-order valence-electron chi connectivity index (χ1n) is 5.27. The summed E-state index contributed by atoms with van der Waals surface area (Å²) in [7, 11) is 0. The van der Waals surface area contributed by atoms with Gasteiger partial charge in [0.15, 0.2) is 5.78 Å². The maximum atomic E-state index is 11.7. The van der Waals surface area contributed by atoms with Gasteiger partial charge in [0, 0.05) is 5.56 Å². The Bertz CT molecular complexity index is 565. The van der Waals surface area contributed by atoms with E-state index in [0.717, 1.165) is 0 Å². The van der Waals surface area contributed by atoms with Gasteiger partial charge in [-0.05, 0) is 29.5 Å². The van der Waals surface area contributed by atoms with Gasteiger partial charge in [-0.2, -0.15) is 0 Å². The summed E-state index contributed by atoms with van der Waals surface area (Å²) >= 11 is 0. The molecule has 0 radical (unpaired) electrons. The molecule has 0 aliphatic heterocycles. The minimum Gasteiger partial charge on any atom is -0.324 e. The van der Waals surface area contributed by atoms with Crippen LogP contribution in [0.2, 0.25) is 0 Å². The first-order valence-corrected chi connectivity index (χ1v) is 5.27. The lowest BCUT2D eigenvalue weighted by atomic mass is 10.1. The number of rotatable bonds is 4. The number of nitrogens with zero attached hydrogens (tertiary/aromatic N) is 4. The topological polar surface area (TPSA) is 89.8 Å². The van der Waals surface area contributed by atoms with E-state index in [1.54, 1.807) is 24.3 Å². The minimum absolute atomic E-state index is 0.000755. The number of carbonyl (C=O) groups excluding carboxylic acids is 2. The summed E-state index contributed by atoms with van der Waals surface area (Å²) in [6.07, 6.45) is 1.34. The van der Waals surface area contributed by atoms with Gasteiger partial charge in [0.2, 0.25) is 5.91 Å². The molecule has 7 nitrogen and oxygen atoms in total. The monoisotopic (exact) mass is 245 g/mol. The Labute approximate surface area is 103 Å². The van der Waals surface area contributed by atoms with Gasteiger partial charge in [0.25, 0.3) is 0 Å². The number of aromatic nitrogens is 4. The number of anilines is 1. The molecular weight excluding hydrogens is 234 g/mol. The molecule has 1 heterocycles. The number of hydrogen-bond acceptors (Lipinski definition) is 5. The van der Waals surface area contributed by atoms with Gasteiger partial charge in [-0.15, -0.1) is 5.10 Å². The van der Waals surface area contributed by atoms with Crippen molar-refractivity contribution in [3.05, 3.63) is 36.2 Å². The number of para-hydroxylation sites is 1. The molecule has 92 valence electrons. The van der Waals surface area contributed by atoms with Crippen LogP contribution in [0.15, 0.2) is 30.6 Å². The highest BCUT2D eigenvalue weighted by Crippen LogP contribution is 2.15. The van der Waals surface area contributed by atoms with Crippen molar-refractivity contribution in [3.63, 3.8) is 0 Å². The third-order valence-electron chi connectivity index (χ3n) is 2.28. The van der Waals surface area contributed by atoms with Crippen molar-refractivity contribution in [1.82, 2.24) is 20.2 Å². The van der Waals surface area contributed by atoms with E-state index >= 15 is 0 Å². The van der Waals surface area contributed by atoms with Crippen LogP contribution in [-0.2, 0) is 11.3 Å². The Morgan fingerprint density at radius 2 is 2.11 bits per heavy atom. The van der Waals surface area contributed by atoms with Crippen LogP contribution in [0.5, 0.6) is 0 Å². The molecule has 0 saturated heterocycles. The number of nitrogens with one attached hydrogen (secondary N) is 1. The zero-order chi connectivity index (χ0) is 13.0. The van der Waals surface area contributed by atoms with Gasteiger partial charge >= 0.3 is 0 Å². The third kappa shape index (κ3) is 2.76. The van der Waals surface area contributed by atoms with Crippen LogP contribution >= 0.6 is 0 Å². The molecule has 0 spiro atoms. The first kappa shape index (κ1) is 11.9. The van der Waals surface area contributed by atoms with Gasteiger partial charge < -0.3 is 5.32 Å². The first-order chi connectivity index (χ1) is 8.66. The lowest BCUT2D eigenvalue weighted by Gasteiger charge is -2.08. The largest absolute Gasteiger partial charge is 0.324 e. The molecule has 0 atom stereocenters. The Balaban J connectivity index is 2.09. The highest BCUT2D eigenvalue weighted by Gasteiger charge is 2.10. The minimum atomic E-state index is -0.295. The molecule has 7 heteroatoms. The Morgan fingerprint density at radius 3 is 2.78 bits per heavy atom. The zero-order valence-electron chi connectivity index (χ0n) is 9.70. The standard InChI is InChI=1S/C11H11N5O2/c1-8(17)9-4-2-3-5-10(9)13-11(18)6-16-7-12-14-15-16/h2-5,7H,6H2,1H3,(H,13,18). The summed E-state index contributed by atoms with van der Waals surface area (Å²) in [6, 6.07) is 6.83. The molecule has 0 unspecified atom stereocenters. The second-order valence-corrected chi connectivity index (χ2v) is 3.66. The average Bonchev–Trinajstić information content (AvgIpc) is 2.82. The van der Waals surface area contributed by atoms with Gasteiger partial charge in [-0.25, -0.2) is 4.68 Å². The highest BCUT2D eigenvalue weighted by molar-refractivity contribution is 6.03. The molecule has 18 heavy (non-hydrogen) atoms. The molecule has 1 aromatic heterocycles. The molecule has 0 bridgehead atoms. The van der Waals surface area contributed by atoms with Crippen molar-refractivity contribution in [2.75, 3.05) is 5.32 Å². The molecule has 0 fully saturated rings. The second kappa shape index (κ2) is 5.17. The predicted octanol–water partition coefficient (Wildman–Crippen LogP) is 0.514. The van der Waals surface area contributed by atoms with E-state index in [9.17, 15) is 9.59 Å². The van der Waals surface area contributed by atoms with Crippen LogP contribution in [-0.4, -0.2) is 31.9 Å². The SMILES string of the molecule is CC(=O)c1ccccc1NC(=O)Cn1cnnn1. The van der Waals surface area contributed by atoms with Crippen molar-refractivity contribution in [1.29, 1.82) is 0 Å². The molecular formula is C11H11N5O2. The normalized spacial score (nSPS) is 10.1. The van der Waals surface area contributed by atoms with E-state index in [-0.39, 0.29) is 18.2 Å². The average molecular weight is 245 g/mol. The van der Waals surface area contributed by atoms with Crippen molar-refractivity contribution in [2.45, 2.75) is 13.5 Å². The summed E-state index contributed by atoms with van der Waals surface area (Å²) in [4.78, 5) is 23.1. The number of Topliss-reactive ketones (excluding diaryl/α,β-unsaturated/α-hetero) is 1. The fourth-order valence-electron chi connectivity index (χ4n) is 1.49. The van der Waals surface area contributed by atoms with Gasteiger partial charge in [-0.3, -0.25) is 9.59 Å². The molecule has 2 aromatic rings. The van der Waals surface area contributed by atoms with E-state index < -0.39 is 0 Å². The van der Waals surface area contributed by atoms with Crippen LogP contribution in [0.3, 0.4) is 0 Å². The maximum absolute atomic E-state index is 11.7. The smallest absolute Gasteiger partial charge is 0.246 e. The van der Waals surface area contributed by atoms with Crippen molar-refractivity contribution in [2.24, 2.45) is 0 Å². The van der Waals surface area contributed by atoms with E-state index in [4.69, 9.17) is 0 Å². The van der Waals surface area contributed by atoms with Crippen LogP contribution in [0.25, 0.3) is 0 Å². The quantitative estimate of drug-likeness (QED) is 0.793. The number of ketones is 1. The molecule has 0 aliphatic carbocycles. The van der Waals surface area contributed by atoms with Gasteiger partial charge in [-0.1, -0.05) is 12.1 Å². The Morgan fingerprint density at radius 1 is 1.33 bits per heavy atom. The number of hydrogen-bond donors (Lipinski definition) is 1. The van der Waals surface area contributed by atoms with Crippen LogP contribution in [0.4, 0.5) is 5.69 Å². The van der Waals surface area contributed by atoms with Gasteiger partial charge in [0.1, 0.15) is 12.9 Å². The fraction of sp³-hybridized carbons (Fsp3) is 0.182. The molecule has 0 aliphatic rings. The van der Waals surface area contributed by atoms with Crippen LogP contribution in [0, 0.1) is 0 Å². The fourth-order valence-corrected chi connectivity index (χ4v) is 1.49. The number of amides is 1. The Kier molecular flexibility index (Phi) is 3.42. The molecule has 0 saturated carbocycles. The summed E-state index contributed by atoms with van der Waals surface area (Å²) < 4.78 is 1.30. The Hall–Kier alpha value is -2.57. The summed E-state index contributed by atoms with van der Waals surface area (Å²) in [5.74, 6) is -0.399. The summed E-state index contributed by atoms with van der Waals surface area (Å²) in [6.45, 7) is 1.45. The molecule has 1 N–H and O–H groups in total. The second-order valence-electron chi connectivity index (χ2n) is 3.66. The lowest BCUT2D eigenvalue weighted by Crippen LogP contribution is -2.20. The number of carbonyl (C=O) groups is 2. The van der Waals surface area contributed by atoms with Crippen LogP contribution < -0.4 is 5.32 Å². The van der Waals surface area contributed by atoms with E-state index in [2.05, 4.69) is 20.8 Å². The number of tetrazole rings is 1. The van der Waals surface area contributed by atoms with Crippen molar-refractivity contribution >= 4 is 17.4 Å². The summed E-state index contributed by atoms with van der Waals surface area (Å²) in [5, 5.41) is 13.1. The number of benzene rings is 1. The van der Waals surface area contributed by atoms with E-state index in [1.165, 1.54) is 17.9 Å². The van der Waals surface area contributed by atoms with Crippen LogP contribution in [0.1, 0.15) is 17.3 Å².